The van der Waals surface area contributed by atoms with Gasteiger partial charge < -0.3 is 29.2 Å². The van der Waals surface area contributed by atoms with Crippen molar-refractivity contribution in [1.82, 2.24) is 5.32 Å². The molecule has 29 heavy (non-hydrogen) atoms. The molecule has 2 aliphatic heterocycles. The van der Waals surface area contributed by atoms with E-state index in [4.69, 9.17) is 18.9 Å². The minimum absolute atomic E-state index is 0.0864. The molecule has 2 heterocycles. The molecule has 2 aromatic rings. The number of anilines is 1. The number of fused-ring (bicyclic) bond motifs is 1. The van der Waals surface area contributed by atoms with Gasteiger partial charge in [0.1, 0.15) is 18.1 Å². The Bertz CT molecular complexity index is 916. The Balaban J connectivity index is 1.27. The summed E-state index contributed by atoms with van der Waals surface area (Å²) in [5.74, 6) is 2.00. The van der Waals surface area contributed by atoms with Crippen molar-refractivity contribution >= 4 is 17.5 Å². The second kappa shape index (κ2) is 8.30. The zero-order chi connectivity index (χ0) is 20.2. The lowest BCUT2D eigenvalue weighted by atomic mass is 10.1. The van der Waals surface area contributed by atoms with Crippen molar-refractivity contribution in [2.45, 2.75) is 6.42 Å². The molecule has 1 fully saturated rings. The maximum absolute atomic E-state index is 12.5. The average Bonchev–Trinajstić information content (AvgIpc) is 3.37. The van der Waals surface area contributed by atoms with Crippen molar-refractivity contribution in [2.75, 3.05) is 38.5 Å². The molecule has 0 saturated carbocycles. The van der Waals surface area contributed by atoms with Gasteiger partial charge in [-0.2, -0.15) is 0 Å². The molecule has 0 aliphatic carbocycles. The van der Waals surface area contributed by atoms with Crippen LogP contribution in [-0.2, 0) is 9.59 Å². The topological polar surface area (TPSA) is 86.3 Å². The molecule has 1 saturated heterocycles. The summed E-state index contributed by atoms with van der Waals surface area (Å²) in [5.41, 5.74) is 0.705. The van der Waals surface area contributed by atoms with Crippen LogP contribution in [0.2, 0.25) is 0 Å². The molecule has 8 heteroatoms. The lowest BCUT2D eigenvalue weighted by Gasteiger charge is -2.17. The summed E-state index contributed by atoms with van der Waals surface area (Å²) in [5, 5.41) is 2.84. The number of hydrogen-bond acceptors (Lipinski definition) is 6. The number of hydrogen-bond donors (Lipinski definition) is 1. The van der Waals surface area contributed by atoms with Crippen LogP contribution in [-0.4, -0.2) is 45.4 Å². The highest BCUT2D eigenvalue weighted by atomic mass is 16.7. The molecular formula is C21H22N2O6. The van der Waals surface area contributed by atoms with Gasteiger partial charge in [0.15, 0.2) is 11.5 Å². The maximum atomic E-state index is 12.5. The maximum Gasteiger partial charge on any atom is 0.231 e. The minimum Gasteiger partial charge on any atom is -0.497 e. The zero-order valence-electron chi connectivity index (χ0n) is 16.1. The number of nitrogens with zero attached hydrogens (tertiary/aromatic N) is 1. The van der Waals surface area contributed by atoms with Crippen LogP contribution in [0.15, 0.2) is 42.5 Å². The number of nitrogens with one attached hydrogen (secondary N) is 1. The Morgan fingerprint density at radius 2 is 2.00 bits per heavy atom. The standard InChI is InChI=1S/C21H22N2O6/c1-26-16-3-2-4-17(11-16)27-8-7-22-21(25)14-9-20(24)23(12-14)15-5-6-18-19(10-15)29-13-28-18/h2-6,10-11,14H,7-9,12-13H2,1H3,(H,22,25). The van der Waals surface area contributed by atoms with E-state index in [1.165, 1.54) is 0 Å². The van der Waals surface area contributed by atoms with E-state index in [0.29, 0.717) is 48.4 Å². The summed E-state index contributed by atoms with van der Waals surface area (Å²) in [6.45, 7) is 1.19. The van der Waals surface area contributed by atoms with Crippen LogP contribution in [0.1, 0.15) is 6.42 Å². The Hall–Kier alpha value is -3.42. The third kappa shape index (κ3) is 4.21. The fraction of sp³-hybridized carbons (Fsp3) is 0.333. The molecule has 8 nitrogen and oxygen atoms in total. The fourth-order valence-corrected chi connectivity index (χ4v) is 3.36. The van der Waals surface area contributed by atoms with Crippen LogP contribution >= 0.6 is 0 Å². The smallest absolute Gasteiger partial charge is 0.231 e. The van der Waals surface area contributed by atoms with Gasteiger partial charge in [0.2, 0.25) is 18.6 Å². The van der Waals surface area contributed by atoms with Crippen molar-refractivity contribution in [3.05, 3.63) is 42.5 Å². The highest BCUT2D eigenvalue weighted by Gasteiger charge is 2.35. The SMILES string of the molecule is COc1cccc(OCCNC(=O)C2CC(=O)N(c3ccc4c(c3)OCO4)C2)c1. The van der Waals surface area contributed by atoms with Gasteiger partial charge in [-0.1, -0.05) is 6.07 Å². The van der Waals surface area contributed by atoms with Crippen molar-refractivity contribution in [2.24, 2.45) is 5.92 Å². The lowest BCUT2D eigenvalue weighted by molar-refractivity contribution is -0.126. The van der Waals surface area contributed by atoms with E-state index in [0.717, 1.165) is 0 Å². The first-order chi connectivity index (χ1) is 14.1. The quantitative estimate of drug-likeness (QED) is 0.718. The number of carbonyl (C=O) groups is 2. The number of carbonyl (C=O) groups excluding carboxylic acids is 2. The van der Waals surface area contributed by atoms with Crippen molar-refractivity contribution in [3.8, 4) is 23.0 Å². The Morgan fingerprint density at radius 1 is 1.17 bits per heavy atom. The summed E-state index contributed by atoms with van der Waals surface area (Å²) < 4.78 is 21.4. The van der Waals surface area contributed by atoms with Gasteiger partial charge >= 0.3 is 0 Å². The molecule has 152 valence electrons. The highest BCUT2D eigenvalue weighted by molar-refractivity contribution is 6.00. The molecule has 4 rings (SSSR count). The number of amides is 2. The van der Waals surface area contributed by atoms with Crippen molar-refractivity contribution < 1.29 is 28.5 Å². The van der Waals surface area contributed by atoms with Crippen molar-refractivity contribution in [3.63, 3.8) is 0 Å². The van der Waals surface area contributed by atoms with E-state index in [2.05, 4.69) is 5.32 Å². The van der Waals surface area contributed by atoms with Crippen LogP contribution in [0.5, 0.6) is 23.0 Å². The van der Waals surface area contributed by atoms with E-state index in [-0.39, 0.29) is 25.0 Å². The Labute approximate surface area is 168 Å². The molecule has 0 spiro atoms. The van der Waals surface area contributed by atoms with Gasteiger partial charge in [0.05, 0.1) is 19.6 Å². The minimum atomic E-state index is -0.398. The third-order valence-electron chi connectivity index (χ3n) is 4.87. The number of benzene rings is 2. The first kappa shape index (κ1) is 18.9. The Kier molecular flexibility index (Phi) is 5.41. The first-order valence-electron chi connectivity index (χ1n) is 9.38. The molecule has 2 aliphatic rings. The molecule has 2 amide bonds. The van der Waals surface area contributed by atoms with Gasteiger partial charge in [-0.3, -0.25) is 9.59 Å². The monoisotopic (exact) mass is 398 g/mol. The predicted molar refractivity (Wildman–Crippen MR) is 105 cm³/mol. The second-order valence-electron chi connectivity index (χ2n) is 6.76. The Morgan fingerprint density at radius 3 is 2.86 bits per heavy atom. The number of rotatable bonds is 7. The van der Waals surface area contributed by atoms with Crippen molar-refractivity contribution in [1.29, 1.82) is 0 Å². The summed E-state index contributed by atoms with van der Waals surface area (Å²) in [6.07, 6.45) is 0.178. The van der Waals surface area contributed by atoms with E-state index >= 15 is 0 Å². The van der Waals surface area contributed by atoms with Gasteiger partial charge in [-0.15, -0.1) is 0 Å². The van der Waals surface area contributed by atoms with Gasteiger partial charge in [-0.25, -0.2) is 0 Å². The average molecular weight is 398 g/mol. The van der Waals surface area contributed by atoms with E-state index in [1.807, 2.05) is 18.2 Å². The number of ether oxygens (including phenoxy) is 4. The second-order valence-corrected chi connectivity index (χ2v) is 6.76. The van der Waals surface area contributed by atoms with E-state index in [9.17, 15) is 9.59 Å². The predicted octanol–water partition coefficient (Wildman–Crippen LogP) is 1.97. The molecule has 0 aromatic heterocycles. The van der Waals surface area contributed by atoms with E-state index in [1.54, 1.807) is 36.3 Å². The zero-order valence-corrected chi connectivity index (χ0v) is 16.1. The van der Waals surface area contributed by atoms with Crippen LogP contribution in [0.3, 0.4) is 0 Å². The highest BCUT2D eigenvalue weighted by Crippen LogP contribution is 2.37. The van der Waals surface area contributed by atoms with Crippen LogP contribution in [0.4, 0.5) is 5.69 Å². The van der Waals surface area contributed by atoms with Gasteiger partial charge in [0, 0.05) is 30.8 Å². The van der Waals surface area contributed by atoms with Crippen LogP contribution < -0.4 is 29.2 Å². The number of methoxy groups -OCH3 is 1. The van der Waals surface area contributed by atoms with Gasteiger partial charge in [0.25, 0.3) is 0 Å². The van der Waals surface area contributed by atoms with Gasteiger partial charge in [-0.05, 0) is 24.3 Å². The summed E-state index contributed by atoms with van der Waals surface area (Å²) in [7, 11) is 1.59. The molecule has 1 unspecified atom stereocenters. The first-order valence-corrected chi connectivity index (χ1v) is 9.38. The molecule has 2 aromatic carbocycles. The third-order valence-corrected chi connectivity index (χ3v) is 4.87. The summed E-state index contributed by atoms with van der Waals surface area (Å²) >= 11 is 0. The summed E-state index contributed by atoms with van der Waals surface area (Å²) in [6, 6.07) is 12.6. The van der Waals surface area contributed by atoms with Crippen LogP contribution in [0.25, 0.3) is 0 Å². The molecule has 0 bridgehead atoms. The van der Waals surface area contributed by atoms with E-state index < -0.39 is 5.92 Å². The molecule has 0 radical (unpaired) electrons. The molecule has 1 atom stereocenters. The fourth-order valence-electron chi connectivity index (χ4n) is 3.36. The largest absolute Gasteiger partial charge is 0.497 e. The summed E-state index contributed by atoms with van der Waals surface area (Å²) in [4.78, 5) is 26.5. The normalized spacial score (nSPS) is 17.3. The lowest BCUT2D eigenvalue weighted by Crippen LogP contribution is -2.35. The van der Waals surface area contributed by atoms with Crippen LogP contribution in [0, 0.1) is 5.92 Å². The molecular weight excluding hydrogens is 376 g/mol. The molecule has 1 N–H and O–H groups in total.